The molecule has 0 atom stereocenters. The highest BCUT2D eigenvalue weighted by Crippen LogP contribution is 2.49. The van der Waals surface area contributed by atoms with Crippen molar-refractivity contribution in [2.24, 2.45) is 0 Å². The van der Waals surface area contributed by atoms with Gasteiger partial charge in [0.25, 0.3) is 0 Å². The summed E-state index contributed by atoms with van der Waals surface area (Å²) >= 11 is 3.57. The quantitative estimate of drug-likeness (QED) is 0.177. The zero-order valence-electron chi connectivity index (χ0n) is 33.1. The molecule has 0 spiro atoms. The number of para-hydroxylation sites is 2. The fourth-order valence-corrected chi connectivity index (χ4v) is 12.0. The minimum Gasteiger partial charge on any atom is -0.307 e. The van der Waals surface area contributed by atoms with Crippen molar-refractivity contribution >= 4 is 97.9 Å². The molecule has 0 saturated heterocycles. The number of fused-ring (bicyclic) bond motifs is 12. The maximum atomic E-state index is 5.59. The van der Waals surface area contributed by atoms with E-state index in [4.69, 9.17) is 9.97 Å². The van der Waals surface area contributed by atoms with Gasteiger partial charge in [-0.2, -0.15) is 0 Å². The number of rotatable bonds is 4. The maximum absolute atomic E-state index is 5.59. The van der Waals surface area contributed by atoms with Gasteiger partial charge in [0.15, 0.2) is 5.82 Å². The topological polar surface area (TPSA) is 35.6 Å². The molecule has 288 valence electrons. The van der Waals surface area contributed by atoms with Crippen LogP contribution in [0.4, 0.5) is 0 Å². The van der Waals surface area contributed by atoms with Crippen LogP contribution < -0.4 is 0 Å². The van der Waals surface area contributed by atoms with Gasteiger partial charge in [-0.25, -0.2) is 9.97 Å². The number of nitrogens with zero attached hydrogens (tertiary/aromatic N) is 4. The van der Waals surface area contributed by atoms with E-state index in [0.29, 0.717) is 0 Å². The van der Waals surface area contributed by atoms with Crippen LogP contribution in [0.25, 0.3) is 120 Å². The van der Waals surface area contributed by atoms with E-state index in [2.05, 4.69) is 203 Å². The molecule has 0 saturated carbocycles. The highest BCUT2D eigenvalue weighted by molar-refractivity contribution is 7.99. The van der Waals surface area contributed by atoms with Crippen LogP contribution in [-0.2, 0) is 0 Å². The van der Waals surface area contributed by atoms with Crippen molar-refractivity contribution in [3.8, 4) is 45.0 Å². The molecule has 5 heterocycles. The smallest absolute Gasteiger partial charge is 0.166 e. The summed E-state index contributed by atoms with van der Waals surface area (Å²) < 4.78 is 6.03. The Kier molecular flexibility index (Phi) is 7.17. The molecule has 1 aliphatic rings. The molecular formula is C56H32N4S2. The lowest BCUT2D eigenvalue weighted by Crippen LogP contribution is -2.03. The molecule has 0 radical (unpaired) electrons. The van der Waals surface area contributed by atoms with Crippen LogP contribution in [0.1, 0.15) is 0 Å². The molecule has 0 fully saturated rings. The minimum atomic E-state index is 0.826. The summed E-state index contributed by atoms with van der Waals surface area (Å²) in [5.41, 5.74) is 13.5. The predicted octanol–water partition coefficient (Wildman–Crippen LogP) is 15.7. The Balaban J connectivity index is 1.03. The molecular weight excluding hydrogens is 793 g/mol. The Bertz CT molecular complexity index is 4010. The van der Waals surface area contributed by atoms with Gasteiger partial charge in [0, 0.05) is 47.0 Å². The van der Waals surface area contributed by atoms with Crippen LogP contribution in [-0.4, -0.2) is 19.1 Å². The summed E-state index contributed by atoms with van der Waals surface area (Å²) in [6.45, 7) is 0. The first-order valence-electron chi connectivity index (χ1n) is 20.9. The molecule has 0 N–H and O–H groups in total. The molecule has 62 heavy (non-hydrogen) atoms. The largest absolute Gasteiger partial charge is 0.307 e. The molecule has 13 aromatic rings. The number of aromatic nitrogens is 4. The molecule has 0 unspecified atom stereocenters. The fourth-order valence-electron chi connectivity index (χ4n) is 9.83. The van der Waals surface area contributed by atoms with E-state index in [1.165, 1.54) is 80.2 Å². The lowest BCUT2D eigenvalue weighted by atomic mass is 10.00. The van der Waals surface area contributed by atoms with Crippen molar-refractivity contribution < 1.29 is 0 Å². The maximum Gasteiger partial charge on any atom is 0.166 e. The Labute approximate surface area is 364 Å². The van der Waals surface area contributed by atoms with Gasteiger partial charge in [0.05, 0.1) is 27.8 Å². The monoisotopic (exact) mass is 824 g/mol. The van der Waals surface area contributed by atoms with Crippen molar-refractivity contribution in [2.45, 2.75) is 9.79 Å². The first-order valence-corrected chi connectivity index (χ1v) is 22.5. The second kappa shape index (κ2) is 13.0. The highest BCUT2D eigenvalue weighted by atomic mass is 32.2. The summed E-state index contributed by atoms with van der Waals surface area (Å²) in [7, 11) is 0. The molecule has 0 aliphatic carbocycles. The lowest BCUT2D eigenvalue weighted by molar-refractivity contribution is 1.09. The Morgan fingerprint density at radius 2 is 1.06 bits per heavy atom. The molecule has 0 bridgehead atoms. The molecule has 4 nitrogen and oxygen atoms in total. The number of hydrogen-bond donors (Lipinski definition) is 0. The molecule has 6 heteroatoms. The normalized spacial score (nSPS) is 12.5. The summed E-state index contributed by atoms with van der Waals surface area (Å²) in [6, 6.07) is 70.7. The molecule has 0 amide bonds. The van der Waals surface area contributed by atoms with Crippen LogP contribution in [0.2, 0.25) is 0 Å². The van der Waals surface area contributed by atoms with Crippen LogP contribution in [0.3, 0.4) is 0 Å². The SMILES string of the molecule is c1ccc(-c2ccc(-c3nc4c(nc3-n3c5ccccc5c5ccc(-c6cc7c8c(c6)c6cc9ccccc9cc6n8-c6ccccc6S7)cc53)sc3ccccc34)cc2)cc1. The average Bonchev–Trinajstić information content (AvgIpc) is 3.98. The molecule has 4 aromatic heterocycles. The summed E-state index contributed by atoms with van der Waals surface area (Å²) in [5, 5.41) is 8.53. The van der Waals surface area contributed by atoms with Crippen LogP contribution >= 0.6 is 23.1 Å². The van der Waals surface area contributed by atoms with Crippen molar-refractivity contribution in [1.82, 2.24) is 19.1 Å². The van der Waals surface area contributed by atoms with Crippen molar-refractivity contribution in [1.29, 1.82) is 0 Å². The van der Waals surface area contributed by atoms with Gasteiger partial charge in [0.2, 0.25) is 0 Å². The number of thiophene rings is 1. The van der Waals surface area contributed by atoms with Gasteiger partial charge in [-0.3, -0.25) is 4.57 Å². The minimum absolute atomic E-state index is 0.826. The predicted molar refractivity (Wildman–Crippen MR) is 262 cm³/mol. The van der Waals surface area contributed by atoms with Gasteiger partial charge in [-0.1, -0.05) is 151 Å². The van der Waals surface area contributed by atoms with E-state index in [1.807, 2.05) is 11.8 Å². The second-order valence-electron chi connectivity index (χ2n) is 16.2. The van der Waals surface area contributed by atoms with Gasteiger partial charge in [0.1, 0.15) is 16.0 Å². The summed E-state index contributed by atoms with van der Waals surface area (Å²) in [5.74, 6) is 0.826. The van der Waals surface area contributed by atoms with Gasteiger partial charge >= 0.3 is 0 Å². The standard InChI is InChI=1S/C56H32N4S2/c1-2-12-33(13-3-1)34-22-24-35(25-23-34)52-55(58-56-53(57-52)42-17-7-10-20-49(42)62-56)60-45-18-8-6-16-40(45)41-27-26-38(31-47(41)60)39-29-44-43-28-36-14-4-5-15-37(36)30-48(43)59-46-19-9-11-21-50(46)61-51(32-39)54(44)59/h1-32H. The fraction of sp³-hybridized carbons (Fsp3) is 0. The lowest BCUT2D eigenvalue weighted by Gasteiger charge is -2.20. The van der Waals surface area contributed by atoms with E-state index >= 15 is 0 Å². The Morgan fingerprint density at radius 1 is 0.387 bits per heavy atom. The molecule has 14 rings (SSSR count). The first kappa shape index (κ1) is 34.2. The average molecular weight is 825 g/mol. The summed E-state index contributed by atoms with van der Waals surface area (Å²) in [4.78, 5) is 14.6. The van der Waals surface area contributed by atoms with E-state index in [9.17, 15) is 0 Å². The zero-order valence-corrected chi connectivity index (χ0v) is 34.7. The van der Waals surface area contributed by atoms with Crippen molar-refractivity contribution in [3.05, 3.63) is 194 Å². The number of hydrogen-bond acceptors (Lipinski definition) is 4. The third kappa shape index (κ3) is 4.96. The van der Waals surface area contributed by atoms with Crippen molar-refractivity contribution in [3.63, 3.8) is 0 Å². The van der Waals surface area contributed by atoms with Gasteiger partial charge in [-0.05, 0) is 87.6 Å². The van der Waals surface area contributed by atoms with E-state index in [1.54, 1.807) is 11.3 Å². The van der Waals surface area contributed by atoms with E-state index in [-0.39, 0.29) is 0 Å². The van der Waals surface area contributed by atoms with Crippen molar-refractivity contribution in [2.75, 3.05) is 0 Å². The number of benzene rings is 9. The van der Waals surface area contributed by atoms with Gasteiger partial charge < -0.3 is 4.57 Å². The van der Waals surface area contributed by atoms with Gasteiger partial charge in [-0.15, -0.1) is 11.3 Å². The highest BCUT2D eigenvalue weighted by Gasteiger charge is 2.26. The summed E-state index contributed by atoms with van der Waals surface area (Å²) in [6.07, 6.45) is 0. The van der Waals surface area contributed by atoms with E-state index in [0.717, 1.165) is 49.4 Å². The Morgan fingerprint density at radius 3 is 1.95 bits per heavy atom. The molecule has 9 aromatic carbocycles. The second-order valence-corrected chi connectivity index (χ2v) is 18.3. The van der Waals surface area contributed by atoms with Crippen LogP contribution in [0.15, 0.2) is 204 Å². The molecule has 1 aliphatic heterocycles. The Hall–Kier alpha value is -7.51. The van der Waals surface area contributed by atoms with Crippen LogP contribution in [0.5, 0.6) is 0 Å². The van der Waals surface area contributed by atoms with E-state index < -0.39 is 0 Å². The first-order chi connectivity index (χ1) is 30.7. The van der Waals surface area contributed by atoms with Crippen LogP contribution in [0, 0.1) is 0 Å². The third-order valence-electron chi connectivity index (χ3n) is 12.7. The third-order valence-corrected chi connectivity index (χ3v) is 14.8. The zero-order chi connectivity index (χ0) is 40.5.